The van der Waals surface area contributed by atoms with Gasteiger partial charge in [0.25, 0.3) is 0 Å². The lowest BCUT2D eigenvalue weighted by molar-refractivity contribution is 0.577. The Morgan fingerprint density at radius 3 is 2.50 bits per heavy atom. The summed E-state index contributed by atoms with van der Waals surface area (Å²) < 4.78 is 2.22. The zero-order valence-electron chi connectivity index (χ0n) is 9.85. The summed E-state index contributed by atoms with van der Waals surface area (Å²) >= 11 is 0. The van der Waals surface area contributed by atoms with E-state index in [9.17, 15) is 0 Å². The van der Waals surface area contributed by atoms with Gasteiger partial charge in [-0.05, 0) is 24.3 Å². The average Bonchev–Trinajstić information content (AvgIpc) is 2.75. The molecule has 0 aliphatic heterocycles. The Bertz CT molecular complexity index is 429. The van der Waals surface area contributed by atoms with E-state index in [0.717, 1.165) is 6.54 Å². The van der Waals surface area contributed by atoms with Crippen LogP contribution in [-0.4, -0.2) is 10.6 Å². The van der Waals surface area contributed by atoms with Gasteiger partial charge in [-0.1, -0.05) is 32.0 Å². The molecule has 84 valence electrons. The minimum atomic E-state index is 0.513. The van der Waals surface area contributed by atoms with Crippen LogP contribution in [0.15, 0.2) is 48.7 Å². The zero-order valence-corrected chi connectivity index (χ0v) is 9.85. The minimum Gasteiger partial charge on any atom is -0.320 e. The molecule has 1 heterocycles. The van der Waals surface area contributed by atoms with Gasteiger partial charge < -0.3 is 9.88 Å². The summed E-state index contributed by atoms with van der Waals surface area (Å²) in [4.78, 5) is 0. The number of rotatable bonds is 4. The maximum Gasteiger partial charge on any atom is 0.0452 e. The lowest BCUT2D eigenvalue weighted by atomic mass is 10.3. The fraction of sp³-hybridized carbons (Fsp3) is 0.286. The Hall–Kier alpha value is -1.54. The van der Waals surface area contributed by atoms with Crippen LogP contribution in [0.5, 0.6) is 0 Å². The topological polar surface area (TPSA) is 17.0 Å². The molecule has 16 heavy (non-hydrogen) atoms. The third kappa shape index (κ3) is 2.52. The number of hydrogen-bond donors (Lipinski definition) is 1. The zero-order chi connectivity index (χ0) is 11.4. The average molecular weight is 214 g/mol. The van der Waals surface area contributed by atoms with Gasteiger partial charge in [-0.2, -0.15) is 0 Å². The summed E-state index contributed by atoms with van der Waals surface area (Å²) in [6, 6.07) is 15.2. The molecule has 0 saturated heterocycles. The second kappa shape index (κ2) is 4.99. The number of benzene rings is 1. The van der Waals surface area contributed by atoms with Crippen molar-refractivity contribution in [1.82, 2.24) is 9.88 Å². The first-order valence-corrected chi connectivity index (χ1v) is 5.72. The monoisotopic (exact) mass is 214 g/mol. The van der Waals surface area contributed by atoms with Crippen molar-refractivity contribution in [1.29, 1.82) is 0 Å². The van der Waals surface area contributed by atoms with E-state index in [4.69, 9.17) is 0 Å². The van der Waals surface area contributed by atoms with Crippen LogP contribution in [0.2, 0.25) is 0 Å². The largest absolute Gasteiger partial charge is 0.320 e. The SMILES string of the molecule is CC(C)NCc1cccn1-c1ccccc1. The third-order valence-corrected chi connectivity index (χ3v) is 2.56. The standard InChI is InChI=1S/C14H18N2/c1-12(2)15-11-14-9-6-10-16(14)13-7-4-3-5-8-13/h3-10,12,15H,11H2,1-2H3. The van der Waals surface area contributed by atoms with Crippen LogP contribution < -0.4 is 5.32 Å². The van der Waals surface area contributed by atoms with Gasteiger partial charge in [-0.3, -0.25) is 0 Å². The van der Waals surface area contributed by atoms with Crippen LogP contribution in [0.1, 0.15) is 19.5 Å². The maximum absolute atomic E-state index is 3.44. The minimum absolute atomic E-state index is 0.513. The Labute approximate surface area is 96.9 Å². The number of aromatic nitrogens is 1. The summed E-state index contributed by atoms with van der Waals surface area (Å²) in [6.07, 6.45) is 2.10. The second-order valence-corrected chi connectivity index (χ2v) is 4.24. The van der Waals surface area contributed by atoms with E-state index < -0.39 is 0 Å². The van der Waals surface area contributed by atoms with Crippen molar-refractivity contribution in [2.75, 3.05) is 0 Å². The number of para-hydroxylation sites is 1. The molecule has 1 aromatic carbocycles. The van der Waals surface area contributed by atoms with E-state index in [0.29, 0.717) is 6.04 Å². The predicted molar refractivity (Wildman–Crippen MR) is 67.7 cm³/mol. The molecule has 0 amide bonds. The normalized spacial score (nSPS) is 10.9. The lowest BCUT2D eigenvalue weighted by Gasteiger charge is -2.12. The van der Waals surface area contributed by atoms with E-state index in [1.807, 2.05) is 6.07 Å². The van der Waals surface area contributed by atoms with Gasteiger partial charge >= 0.3 is 0 Å². The molecule has 0 bridgehead atoms. The van der Waals surface area contributed by atoms with Crippen LogP contribution in [0.25, 0.3) is 5.69 Å². The van der Waals surface area contributed by atoms with Gasteiger partial charge in [0.2, 0.25) is 0 Å². The second-order valence-electron chi connectivity index (χ2n) is 4.24. The number of nitrogens with one attached hydrogen (secondary N) is 1. The van der Waals surface area contributed by atoms with E-state index in [1.165, 1.54) is 11.4 Å². The molecule has 0 unspecified atom stereocenters. The fourth-order valence-electron chi connectivity index (χ4n) is 1.71. The smallest absolute Gasteiger partial charge is 0.0452 e. The van der Waals surface area contributed by atoms with Gasteiger partial charge in [0.05, 0.1) is 0 Å². The molecule has 0 fully saturated rings. The first kappa shape index (κ1) is 11.0. The molecule has 0 radical (unpaired) electrons. The molecule has 1 aromatic heterocycles. The fourth-order valence-corrected chi connectivity index (χ4v) is 1.71. The van der Waals surface area contributed by atoms with Crippen molar-refractivity contribution in [3.8, 4) is 5.69 Å². The van der Waals surface area contributed by atoms with E-state index in [1.54, 1.807) is 0 Å². The highest BCUT2D eigenvalue weighted by molar-refractivity contribution is 5.34. The first-order chi connectivity index (χ1) is 7.77. The highest BCUT2D eigenvalue weighted by Crippen LogP contribution is 2.12. The number of hydrogen-bond acceptors (Lipinski definition) is 1. The maximum atomic E-state index is 3.44. The molecule has 1 N–H and O–H groups in total. The molecule has 0 aliphatic rings. The summed E-state index contributed by atoms with van der Waals surface area (Å²) in [5.74, 6) is 0. The summed E-state index contributed by atoms with van der Waals surface area (Å²) in [5, 5.41) is 3.44. The summed E-state index contributed by atoms with van der Waals surface area (Å²) in [5.41, 5.74) is 2.51. The molecule has 2 nitrogen and oxygen atoms in total. The molecule has 0 spiro atoms. The third-order valence-electron chi connectivity index (χ3n) is 2.56. The summed E-state index contributed by atoms with van der Waals surface area (Å²) in [6.45, 7) is 5.23. The van der Waals surface area contributed by atoms with Crippen molar-refractivity contribution in [3.63, 3.8) is 0 Å². The Balaban J connectivity index is 2.19. The van der Waals surface area contributed by atoms with Gasteiger partial charge in [-0.25, -0.2) is 0 Å². The van der Waals surface area contributed by atoms with Gasteiger partial charge in [-0.15, -0.1) is 0 Å². The molecule has 2 rings (SSSR count). The Morgan fingerprint density at radius 2 is 1.81 bits per heavy atom. The van der Waals surface area contributed by atoms with Gasteiger partial charge in [0, 0.05) is 30.2 Å². The van der Waals surface area contributed by atoms with Crippen molar-refractivity contribution in [2.24, 2.45) is 0 Å². The van der Waals surface area contributed by atoms with Crippen LogP contribution in [0, 0.1) is 0 Å². The molecular formula is C14H18N2. The highest BCUT2D eigenvalue weighted by Gasteiger charge is 2.02. The van der Waals surface area contributed by atoms with E-state index in [2.05, 4.69) is 66.3 Å². The van der Waals surface area contributed by atoms with Crippen LogP contribution in [0.4, 0.5) is 0 Å². The van der Waals surface area contributed by atoms with E-state index in [-0.39, 0.29) is 0 Å². The molecular weight excluding hydrogens is 196 g/mol. The van der Waals surface area contributed by atoms with Crippen LogP contribution >= 0.6 is 0 Å². The van der Waals surface area contributed by atoms with Crippen molar-refractivity contribution >= 4 is 0 Å². The van der Waals surface area contributed by atoms with Gasteiger partial charge in [0.15, 0.2) is 0 Å². The van der Waals surface area contributed by atoms with Gasteiger partial charge in [0.1, 0.15) is 0 Å². The van der Waals surface area contributed by atoms with Crippen molar-refractivity contribution < 1.29 is 0 Å². The first-order valence-electron chi connectivity index (χ1n) is 5.72. The predicted octanol–water partition coefficient (Wildman–Crippen LogP) is 2.98. The van der Waals surface area contributed by atoms with Crippen molar-refractivity contribution in [2.45, 2.75) is 26.4 Å². The molecule has 2 aromatic rings. The van der Waals surface area contributed by atoms with Crippen molar-refractivity contribution in [3.05, 3.63) is 54.4 Å². The lowest BCUT2D eigenvalue weighted by Crippen LogP contribution is -2.23. The number of nitrogens with zero attached hydrogens (tertiary/aromatic N) is 1. The molecule has 0 aliphatic carbocycles. The Kier molecular flexibility index (Phi) is 3.42. The molecule has 0 atom stereocenters. The van der Waals surface area contributed by atoms with Crippen LogP contribution in [-0.2, 0) is 6.54 Å². The molecule has 0 saturated carbocycles. The molecule has 2 heteroatoms. The Morgan fingerprint density at radius 1 is 1.06 bits per heavy atom. The van der Waals surface area contributed by atoms with Crippen LogP contribution in [0.3, 0.4) is 0 Å². The quantitative estimate of drug-likeness (QED) is 0.828. The van der Waals surface area contributed by atoms with E-state index >= 15 is 0 Å². The highest BCUT2D eigenvalue weighted by atomic mass is 15.0. The summed E-state index contributed by atoms with van der Waals surface area (Å²) in [7, 11) is 0.